The molecule has 3 rings (SSSR count). The Kier molecular flexibility index (Phi) is 2.49. The van der Waals surface area contributed by atoms with Gasteiger partial charge in [0.2, 0.25) is 0 Å². The van der Waals surface area contributed by atoms with E-state index in [0.29, 0.717) is 5.69 Å². The smallest absolute Gasteiger partial charge is 0.0506 e. The first-order valence-corrected chi connectivity index (χ1v) is 5.95. The van der Waals surface area contributed by atoms with Crippen LogP contribution < -0.4 is 5.73 Å². The van der Waals surface area contributed by atoms with Crippen LogP contribution >= 0.6 is 0 Å². The SMILES string of the molecule is Cc1ccc2ccccc2c1-c1cncc(N)c1. The summed E-state index contributed by atoms with van der Waals surface area (Å²) in [6.07, 6.45) is 3.54. The number of aryl methyl sites for hydroxylation is 1. The zero-order valence-electron chi connectivity index (χ0n) is 10.2. The van der Waals surface area contributed by atoms with Gasteiger partial charge in [0.05, 0.1) is 5.69 Å². The first kappa shape index (κ1) is 10.8. The molecule has 2 heteroatoms. The molecule has 0 atom stereocenters. The minimum atomic E-state index is 0.694. The summed E-state index contributed by atoms with van der Waals surface area (Å²) in [5.74, 6) is 0. The number of anilines is 1. The van der Waals surface area contributed by atoms with Gasteiger partial charge in [0.15, 0.2) is 0 Å². The van der Waals surface area contributed by atoms with E-state index in [2.05, 4.69) is 48.3 Å². The van der Waals surface area contributed by atoms with Crippen LogP contribution in [0.25, 0.3) is 21.9 Å². The van der Waals surface area contributed by atoms with E-state index >= 15 is 0 Å². The number of hydrogen-bond donors (Lipinski definition) is 1. The Hall–Kier alpha value is -2.35. The normalized spacial score (nSPS) is 10.7. The average Bonchev–Trinajstić information content (AvgIpc) is 2.38. The van der Waals surface area contributed by atoms with Gasteiger partial charge in [-0.15, -0.1) is 0 Å². The molecule has 0 unspecified atom stereocenters. The zero-order valence-corrected chi connectivity index (χ0v) is 10.2. The van der Waals surface area contributed by atoms with Gasteiger partial charge < -0.3 is 5.73 Å². The third-order valence-corrected chi connectivity index (χ3v) is 3.19. The van der Waals surface area contributed by atoms with E-state index in [1.165, 1.54) is 21.9 Å². The Bertz CT molecular complexity index is 717. The lowest BCUT2D eigenvalue weighted by atomic mass is 9.95. The highest BCUT2D eigenvalue weighted by molar-refractivity contribution is 5.98. The van der Waals surface area contributed by atoms with E-state index in [4.69, 9.17) is 5.73 Å². The Morgan fingerprint density at radius 1 is 1.00 bits per heavy atom. The second-order valence-corrected chi connectivity index (χ2v) is 4.49. The summed E-state index contributed by atoms with van der Waals surface area (Å²) >= 11 is 0. The van der Waals surface area contributed by atoms with Crippen LogP contribution in [0.4, 0.5) is 5.69 Å². The van der Waals surface area contributed by atoms with E-state index < -0.39 is 0 Å². The van der Waals surface area contributed by atoms with Gasteiger partial charge >= 0.3 is 0 Å². The van der Waals surface area contributed by atoms with E-state index in [9.17, 15) is 0 Å². The predicted octanol–water partition coefficient (Wildman–Crippen LogP) is 3.79. The van der Waals surface area contributed by atoms with Crippen LogP contribution in [0.2, 0.25) is 0 Å². The molecule has 1 aromatic heterocycles. The monoisotopic (exact) mass is 234 g/mol. The molecule has 0 aliphatic rings. The van der Waals surface area contributed by atoms with Crippen molar-refractivity contribution in [1.82, 2.24) is 4.98 Å². The highest BCUT2D eigenvalue weighted by atomic mass is 14.7. The van der Waals surface area contributed by atoms with Crippen LogP contribution in [0.1, 0.15) is 5.56 Å². The van der Waals surface area contributed by atoms with Crippen molar-refractivity contribution in [2.45, 2.75) is 6.92 Å². The van der Waals surface area contributed by atoms with E-state index in [0.717, 1.165) is 5.56 Å². The number of hydrogen-bond acceptors (Lipinski definition) is 2. The predicted molar refractivity (Wildman–Crippen MR) is 76.3 cm³/mol. The van der Waals surface area contributed by atoms with Crippen molar-refractivity contribution in [3.05, 3.63) is 60.4 Å². The number of benzene rings is 2. The fourth-order valence-electron chi connectivity index (χ4n) is 2.36. The number of aromatic nitrogens is 1. The summed E-state index contributed by atoms with van der Waals surface area (Å²) < 4.78 is 0. The molecular formula is C16H14N2. The molecule has 2 aromatic carbocycles. The fraction of sp³-hybridized carbons (Fsp3) is 0.0625. The lowest BCUT2D eigenvalue weighted by Crippen LogP contribution is -1.90. The van der Waals surface area contributed by atoms with E-state index in [-0.39, 0.29) is 0 Å². The van der Waals surface area contributed by atoms with Crippen molar-refractivity contribution in [3.63, 3.8) is 0 Å². The van der Waals surface area contributed by atoms with E-state index in [1.807, 2.05) is 12.3 Å². The Balaban J connectivity index is 2.37. The van der Waals surface area contributed by atoms with Gasteiger partial charge in [-0.05, 0) is 34.9 Å². The van der Waals surface area contributed by atoms with Crippen molar-refractivity contribution in [2.24, 2.45) is 0 Å². The largest absolute Gasteiger partial charge is 0.397 e. The first-order valence-electron chi connectivity index (χ1n) is 5.95. The summed E-state index contributed by atoms with van der Waals surface area (Å²) in [5, 5.41) is 2.48. The van der Waals surface area contributed by atoms with Gasteiger partial charge in [-0.25, -0.2) is 0 Å². The molecule has 0 saturated carbocycles. The van der Waals surface area contributed by atoms with Crippen molar-refractivity contribution in [2.75, 3.05) is 5.73 Å². The maximum atomic E-state index is 5.83. The molecule has 0 spiro atoms. The second-order valence-electron chi connectivity index (χ2n) is 4.49. The number of nitrogens with two attached hydrogens (primary N) is 1. The van der Waals surface area contributed by atoms with Gasteiger partial charge in [-0.1, -0.05) is 36.4 Å². The molecule has 0 bridgehead atoms. The van der Waals surface area contributed by atoms with Crippen LogP contribution in [-0.4, -0.2) is 4.98 Å². The van der Waals surface area contributed by atoms with Gasteiger partial charge in [0.1, 0.15) is 0 Å². The highest BCUT2D eigenvalue weighted by Gasteiger charge is 2.07. The molecule has 18 heavy (non-hydrogen) atoms. The standard InChI is InChI=1S/C16H14N2/c1-11-6-7-12-4-2-3-5-15(12)16(11)13-8-14(17)10-18-9-13/h2-10H,17H2,1H3. The topological polar surface area (TPSA) is 38.9 Å². The molecule has 0 amide bonds. The number of nitrogen functional groups attached to an aromatic ring is 1. The van der Waals surface area contributed by atoms with Crippen molar-refractivity contribution >= 4 is 16.5 Å². The molecule has 3 aromatic rings. The highest BCUT2D eigenvalue weighted by Crippen LogP contribution is 2.32. The van der Waals surface area contributed by atoms with Crippen LogP contribution in [0, 0.1) is 6.92 Å². The van der Waals surface area contributed by atoms with Crippen LogP contribution in [0.15, 0.2) is 54.9 Å². The summed E-state index contributed by atoms with van der Waals surface area (Å²) in [6, 6.07) is 14.6. The summed E-state index contributed by atoms with van der Waals surface area (Å²) in [6.45, 7) is 2.12. The minimum Gasteiger partial charge on any atom is -0.397 e. The van der Waals surface area contributed by atoms with Crippen LogP contribution in [0.5, 0.6) is 0 Å². The summed E-state index contributed by atoms with van der Waals surface area (Å²) in [4.78, 5) is 4.18. The number of fused-ring (bicyclic) bond motifs is 1. The average molecular weight is 234 g/mol. The molecule has 2 nitrogen and oxygen atoms in total. The van der Waals surface area contributed by atoms with Gasteiger partial charge in [-0.3, -0.25) is 4.98 Å². The molecule has 1 heterocycles. The molecule has 0 aliphatic carbocycles. The summed E-state index contributed by atoms with van der Waals surface area (Å²) in [5.41, 5.74) is 10.0. The molecule has 88 valence electrons. The second kappa shape index (κ2) is 4.15. The third kappa shape index (κ3) is 1.72. The lowest BCUT2D eigenvalue weighted by molar-refractivity contribution is 1.33. The molecule has 2 N–H and O–H groups in total. The van der Waals surface area contributed by atoms with Crippen molar-refractivity contribution < 1.29 is 0 Å². The minimum absolute atomic E-state index is 0.694. The van der Waals surface area contributed by atoms with Gasteiger partial charge in [0, 0.05) is 18.0 Å². The summed E-state index contributed by atoms with van der Waals surface area (Å²) in [7, 11) is 0. The number of nitrogens with zero attached hydrogens (tertiary/aromatic N) is 1. The molecular weight excluding hydrogens is 220 g/mol. The Morgan fingerprint density at radius 2 is 1.83 bits per heavy atom. The van der Waals surface area contributed by atoms with Crippen molar-refractivity contribution in [3.8, 4) is 11.1 Å². The fourth-order valence-corrected chi connectivity index (χ4v) is 2.36. The van der Waals surface area contributed by atoms with Crippen LogP contribution in [0.3, 0.4) is 0 Å². The molecule has 0 radical (unpaired) electrons. The maximum Gasteiger partial charge on any atom is 0.0506 e. The van der Waals surface area contributed by atoms with Crippen LogP contribution in [-0.2, 0) is 0 Å². The first-order chi connectivity index (χ1) is 8.75. The Morgan fingerprint density at radius 3 is 2.67 bits per heavy atom. The Labute approximate surface area is 106 Å². The van der Waals surface area contributed by atoms with E-state index in [1.54, 1.807) is 6.20 Å². The number of pyridine rings is 1. The number of rotatable bonds is 1. The van der Waals surface area contributed by atoms with Gasteiger partial charge in [0.25, 0.3) is 0 Å². The van der Waals surface area contributed by atoms with Crippen molar-refractivity contribution in [1.29, 1.82) is 0 Å². The maximum absolute atomic E-state index is 5.83. The third-order valence-electron chi connectivity index (χ3n) is 3.19. The molecule has 0 saturated heterocycles. The molecule has 0 aliphatic heterocycles. The van der Waals surface area contributed by atoms with Gasteiger partial charge in [-0.2, -0.15) is 0 Å². The lowest BCUT2D eigenvalue weighted by Gasteiger charge is -2.10. The quantitative estimate of drug-likeness (QED) is 0.695. The zero-order chi connectivity index (χ0) is 12.5. The molecule has 0 fully saturated rings.